The van der Waals surface area contributed by atoms with Crippen molar-refractivity contribution < 1.29 is 23.9 Å². The van der Waals surface area contributed by atoms with E-state index >= 15 is 0 Å². The Bertz CT molecular complexity index is 980. The molecular formula is C23H22N2O5. The molecule has 2 aromatic carbocycles. The Kier molecular flexibility index (Phi) is 6.64. The van der Waals surface area contributed by atoms with Crippen LogP contribution >= 0.6 is 0 Å². The second-order valence-corrected chi connectivity index (χ2v) is 6.53. The second kappa shape index (κ2) is 9.56. The number of carbonyl (C=O) groups is 3. The molecule has 7 nitrogen and oxygen atoms in total. The Morgan fingerprint density at radius 3 is 2.47 bits per heavy atom. The van der Waals surface area contributed by atoms with Gasteiger partial charge in [-0.05, 0) is 36.3 Å². The molecule has 0 saturated carbocycles. The highest BCUT2D eigenvalue weighted by Crippen LogP contribution is 2.28. The van der Waals surface area contributed by atoms with Crippen molar-refractivity contribution in [2.24, 2.45) is 0 Å². The summed E-state index contributed by atoms with van der Waals surface area (Å²) in [5, 5.41) is 2.77. The molecule has 1 aliphatic heterocycles. The van der Waals surface area contributed by atoms with Crippen molar-refractivity contribution in [1.82, 2.24) is 10.2 Å². The summed E-state index contributed by atoms with van der Waals surface area (Å²) in [5.41, 5.74) is 1.87. The van der Waals surface area contributed by atoms with Crippen LogP contribution in [0.1, 0.15) is 24.1 Å². The standard InChI is InChI=1S/C23H22N2O5/c1-3-29-22(27)19-15-25(2)23(28)24-21(19)17-10-12-18(13-11-17)30-20(26)14-9-16-7-5-4-6-8-16/h4-15,21H,3H2,1-2H3,(H,24,28). The predicted molar refractivity (Wildman–Crippen MR) is 111 cm³/mol. The molecule has 0 fully saturated rings. The van der Waals surface area contributed by atoms with Gasteiger partial charge < -0.3 is 19.7 Å². The summed E-state index contributed by atoms with van der Waals surface area (Å²) in [6, 6.07) is 15.0. The zero-order chi connectivity index (χ0) is 21.5. The van der Waals surface area contributed by atoms with E-state index in [2.05, 4.69) is 5.32 Å². The van der Waals surface area contributed by atoms with Gasteiger partial charge in [0.1, 0.15) is 5.75 Å². The van der Waals surface area contributed by atoms with Crippen LogP contribution in [0.5, 0.6) is 5.75 Å². The van der Waals surface area contributed by atoms with Crippen molar-refractivity contribution in [2.45, 2.75) is 13.0 Å². The number of hydrogen-bond donors (Lipinski definition) is 1. The number of urea groups is 1. The Labute approximate surface area is 174 Å². The maximum atomic E-state index is 12.3. The van der Waals surface area contributed by atoms with Gasteiger partial charge in [0.2, 0.25) is 0 Å². The number of nitrogens with one attached hydrogen (secondary N) is 1. The van der Waals surface area contributed by atoms with Crippen molar-refractivity contribution in [3.05, 3.63) is 83.6 Å². The lowest BCUT2D eigenvalue weighted by Gasteiger charge is -2.29. The SMILES string of the molecule is CCOC(=O)C1=CN(C)C(=O)NC1c1ccc(OC(=O)C=Cc2ccccc2)cc1. The molecular weight excluding hydrogens is 384 g/mol. The summed E-state index contributed by atoms with van der Waals surface area (Å²) >= 11 is 0. The summed E-state index contributed by atoms with van der Waals surface area (Å²) in [6.45, 7) is 1.94. The highest BCUT2D eigenvalue weighted by molar-refractivity contribution is 5.93. The minimum Gasteiger partial charge on any atom is -0.463 e. The molecule has 1 atom stereocenters. The quantitative estimate of drug-likeness (QED) is 0.451. The van der Waals surface area contributed by atoms with Crippen LogP contribution in [0, 0.1) is 0 Å². The van der Waals surface area contributed by atoms with Crippen molar-refractivity contribution in [3.63, 3.8) is 0 Å². The van der Waals surface area contributed by atoms with Gasteiger partial charge in [-0.1, -0.05) is 42.5 Å². The Balaban J connectivity index is 1.71. The third kappa shape index (κ3) is 5.14. The second-order valence-electron chi connectivity index (χ2n) is 6.53. The van der Waals surface area contributed by atoms with Crippen LogP contribution in [0.25, 0.3) is 6.08 Å². The van der Waals surface area contributed by atoms with Crippen LogP contribution in [-0.2, 0) is 14.3 Å². The van der Waals surface area contributed by atoms with Gasteiger partial charge in [0.15, 0.2) is 0 Å². The number of carbonyl (C=O) groups excluding carboxylic acids is 3. The normalized spacial score (nSPS) is 16.1. The molecule has 154 valence electrons. The Morgan fingerprint density at radius 2 is 1.80 bits per heavy atom. The van der Waals surface area contributed by atoms with Crippen molar-refractivity contribution in [1.29, 1.82) is 0 Å². The van der Waals surface area contributed by atoms with E-state index in [4.69, 9.17) is 9.47 Å². The van der Waals surface area contributed by atoms with E-state index in [-0.39, 0.29) is 12.6 Å². The van der Waals surface area contributed by atoms with Gasteiger partial charge in [0.25, 0.3) is 0 Å². The minimum atomic E-state index is -0.657. The summed E-state index contributed by atoms with van der Waals surface area (Å²) in [6.07, 6.45) is 4.48. The van der Waals surface area contributed by atoms with Crippen LogP contribution in [0.2, 0.25) is 0 Å². The molecule has 0 bridgehead atoms. The number of benzene rings is 2. The minimum absolute atomic E-state index is 0.228. The highest BCUT2D eigenvalue weighted by Gasteiger charge is 2.31. The molecule has 7 heteroatoms. The maximum Gasteiger partial charge on any atom is 0.337 e. The maximum absolute atomic E-state index is 12.3. The van der Waals surface area contributed by atoms with E-state index in [1.807, 2.05) is 30.3 Å². The number of hydrogen-bond acceptors (Lipinski definition) is 5. The van der Waals surface area contributed by atoms with Crippen molar-refractivity contribution in [2.75, 3.05) is 13.7 Å². The monoisotopic (exact) mass is 406 g/mol. The van der Waals surface area contributed by atoms with Crippen molar-refractivity contribution >= 4 is 24.0 Å². The average Bonchev–Trinajstić information content (AvgIpc) is 2.75. The molecule has 2 aromatic rings. The molecule has 1 aliphatic rings. The summed E-state index contributed by atoms with van der Waals surface area (Å²) < 4.78 is 10.4. The van der Waals surface area contributed by atoms with E-state index in [1.165, 1.54) is 17.2 Å². The van der Waals surface area contributed by atoms with Gasteiger partial charge in [-0.2, -0.15) is 0 Å². The first-order valence-corrected chi connectivity index (χ1v) is 9.45. The summed E-state index contributed by atoms with van der Waals surface area (Å²) in [5.74, 6) is -0.662. The lowest BCUT2D eigenvalue weighted by Crippen LogP contribution is -2.43. The molecule has 0 saturated heterocycles. The van der Waals surface area contributed by atoms with E-state index in [0.717, 1.165) is 5.56 Å². The molecule has 1 N–H and O–H groups in total. The number of ether oxygens (including phenoxy) is 2. The fraction of sp³-hybridized carbons (Fsp3) is 0.174. The highest BCUT2D eigenvalue weighted by atomic mass is 16.5. The fourth-order valence-corrected chi connectivity index (χ4v) is 2.90. The molecule has 30 heavy (non-hydrogen) atoms. The largest absolute Gasteiger partial charge is 0.463 e. The van der Waals surface area contributed by atoms with Gasteiger partial charge in [-0.15, -0.1) is 0 Å². The number of esters is 2. The third-order valence-corrected chi connectivity index (χ3v) is 4.39. The van der Waals surface area contributed by atoms with Crippen LogP contribution in [0.4, 0.5) is 4.79 Å². The van der Waals surface area contributed by atoms with E-state index in [1.54, 1.807) is 44.3 Å². The lowest BCUT2D eigenvalue weighted by atomic mass is 9.98. The molecule has 1 heterocycles. The van der Waals surface area contributed by atoms with Gasteiger partial charge in [0.05, 0.1) is 18.2 Å². The molecule has 2 amide bonds. The molecule has 3 rings (SSSR count). The number of rotatable bonds is 6. The molecule has 0 aromatic heterocycles. The van der Waals surface area contributed by atoms with Crippen LogP contribution < -0.4 is 10.1 Å². The number of nitrogens with zero attached hydrogens (tertiary/aromatic N) is 1. The number of amides is 2. The Hall–Kier alpha value is -3.87. The van der Waals surface area contributed by atoms with E-state index in [0.29, 0.717) is 16.9 Å². The fourth-order valence-electron chi connectivity index (χ4n) is 2.90. The van der Waals surface area contributed by atoms with Crippen LogP contribution in [0.15, 0.2) is 72.4 Å². The van der Waals surface area contributed by atoms with Gasteiger partial charge in [-0.25, -0.2) is 14.4 Å². The molecule has 0 aliphatic carbocycles. The zero-order valence-corrected chi connectivity index (χ0v) is 16.7. The van der Waals surface area contributed by atoms with Gasteiger partial charge >= 0.3 is 18.0 Å². The molecule has 0 radical (unpaired) electrons. The zero-order valence-electron chi connectivity index (χ0n) is 16.7. The van der Waals surface area contributed by atoms with Crippen molar-refractivity contribution in [3.8, 4) is 5.75 Å². The van der Waals surface area contributed by atoms with Gasteiger partial charge in [0, 0.05) is 19.3 Å². The smallest absolute Gasteiger partial charge is 0.337 e. The first-order valence-electron chi connectivity index (χ1n) is 9.45. The summed E-state index contributed by atoms with van der Waals surface area (Å²) in [7, 11) is 1.55. The van der Waals surface area contributed by atoms with Crippen LogP contribution in [0.3, 0.4) is 0 Å². The Morgan fingerprint density at radius 1 is 1.10 bits per heavy atom. The van der Waals surface area contributed by atoms with Crippen LogP contribution in [-0.4, -0.2) is 36.5 Å². The topological polar surface area (TPSA) is 84.9 Å². The van der Waals surface area contributed by atoms with Gasteiger partial charge in [-0.3, -0.25) is 0 Å². The third-order valence-electron chi connectivity index (χ3n) is 4.39. The molecule has 0 spiro atoms. The van der Waals surface area contributed by atoms with E-state index in [9.17, 15) is 14.4 Å². The average molecular weight is 406 g/mol. The molecule has 1 unspecified atom stereocenters. The first kappa shape index (κ1) is 20.9. The van der Waals surface area contributed by atoms with E-state index < -0.39 is 18.0 Å². The predicted octanol–water partition coefficient (Wildman–Crippen LogP) is 3.45. The lowest BCUT2D eigenvalue weighted by molar-refractivity contribution is -0.139. The summed E-state index contributed by atoms with van der Waals surface area (Å²) in [4.78, 5) is 37.6. The first-order chi connectivity index (χ1) is 14.5.